The van der Waals surface area contributed by atoms with E-state index in [1.165, 1.54) is 17.7 Å². The van der Waals surface area contributed by atoms with E-state index in [9.17, 15) is 4.79 Å². The van der Waals surface area contributed by atoms with Gasteiger partial charge in [0.2, 0.25) is 0 Å². The Bertz CT molecular complexity index is 895. The molecule has 0 atom stereocenters. The molecule has 7 nitrogen and oxygen atoms in total. The summed E-state index contributed by atoms with van der Waals surface area (Å²) in [5, 5.41) is 11.2. The smallest absolute Gasteiger partial charge is 0.261 e. The first-order valence-corrected chi connectivity index (χ1v) is 9.07. The highest BCUT2D eigenvalue weighted by atomic mass is 32.1. The van der Waals surface area contributed by atoms with Gasteiger partial charge in [-0.05, 0) is 48.6 Å². The summed E-state index contributed by atoms with van der Waals surface area (Å²) in [6.07, 6.45) is 3.23. The van der Waals surface area contributed by atoms with E-state index in [0.29, 0.717) is 24.7 Å². The Balaban J connectivity index is 1.48. The van der Waals surface area contributed by atoms with Gasteiger partial charge in [0.1, 0.15) is 23.8 Å². The summed E-state index contributed by atoms with van der Waals surface area (Å²) >= 11 is 1.45. The van der Waals surface area contributed by atoms with Crippen molar-refractivity contribution in [1.29, 1.82) is 0 Å². The van der Waals surface area contributed by atoms with Crippen LogP contribution in [0.5, 0.6) is 0 Å². The van der Waals surface area contributed by atoms with Gasteiger partial charge >= 0.3 is 0 Å². The van der Waals surface area contributed by atoms with Crippen LogP contribution in [0.15, 0.2) is 42.2 Å². The third-order valence-electron chi connectivity index (χ3n) is 3.51. The fourth-order valence-corrected chi connectivity index (χ4v) is 3.08. The zero-order valence-electron chi connectivity index (χ0n) is 14.6. The standard InChI is InChI=1S/C18H20N6OS/c1-12-3-4-19-16(8-12)24-17-9-15(22-11-23-17)20-5-6-21-18(25)14-7-13(2)10-26-14/h3-4,7-11H,5-6H2,1-2H3,(H,21,25)(H2,19,20,22,23,24). The summed E-state index contributed by atoms with van der Waals surface area (Å²) in [4.78, 5) is 25.3. The summed E-state index contributed by atoms with van der Waals surface area (Å²) in [7, 11) is 0. The minimum atomic E-state index is -0.0551. The van der Waals surface area contributed by atoms with Crippen molar-refractivity contribution in [3.63, 3.8) is 0 Å². The van der Waals surface area contributed by atoms with Crippen molar-refractivity contribution in [1.82, 2.24) is 20.3 Å². The monoisotopic (exact) mass is 368 g/mol. The zero-order valence-corrected chi connectivity index (χ0v) is 15.4. The molecular formula is C18H20N6OS. The Morgan fingerprint density at radius 2 is 1.81 bits per heavy atom. The third-order valence-corrected chi connectivity index (χ3v) is 4.56. The van der Waals surface area contributed by atoms with Crippen molar-refractivity contribution in [3.8, 4) is 0 Å². The third kappa shape index (κ3) is 5.00. The van der Waals surface area contributed by atoms with Crippen molar-refractivity contribution in [2.24, 2.45) is 0 Å². The molecule has 0 aliphatic heterocycles. The van der Waals surface area contributed by atoms with Gasteiger partial charge in [0.15, 0.2) is 0 Å². The van der Waals surface area contributed by atoms with Crippen molar-refractivity contribution in [2.75, 3.05) is 23.7 Å². The second-order valence-corrected chi connectivity index (χ2v) is 6.71. The summed E-state index contributed by atoms with van der Waals surface area (Å²) in [5.74, 6) is 2.00. The quantitative estimate of drug-likeness (QED) is 0.555. The molecule has 0 aliphatic carbocycles. The van der Waals surface area contributed by atoms with E-state index in [2.05, 4.69) is 30.9 Å². The number of anilines is 3. The van der Waals surface area contributed by atoms with Gasteiger partial charge in [-0.1, -0.05) is 0 Å². The molecule has 0 spiro atoms. The van der Waals surface area contributed by atoms with Crippen LogP contribution in [0.2, 0.25) is 0 Å². The SMILES string of the molecule is Cc1ccnc(Nc2cc(NCCNC(=O)c3cc(C)cs3)ncn2)c1. The second-order valence-electron chi connectivity index (χ2n) is 5.80. The van der Waals surface area contributed by atoms with Gasteiger partial charge in [0, 0.05) is 25.4 Å². The van der Waals surface area contributed by atoms with Crippen LogP contribution in [-0.4, -0.2) is 33.9 Å². The number of rotatable bonds is 7. The van der Waals surface area contributed by atoms with Crippen molar-refractivity contribution < 1.29 is 4.79 Å². The number of carbonyl (C=O) groups excluding carboxylic acids is 1. The van der Waals surface area contributed by atoms with Crippen LogP contribution in [0.25, 0.3) is 0 Å². The van der Waals surface area contributed by atoms with E-state index in [-0.39, 0.29) is 5.91 Å². The van der Waals surface area contributed by atoms with E-state index in [0.717, 1.165) is 21.8 Å². The number of aromatic nitrogens is 3. The highest BCUT2D eigenvalue weighted by Gasteiger charge is 2.07. The predicted octanol–water partition coefficient (Wildman–Crippen LogP) is 3.14. The van der Waals surface area contributed by atoms with Crippen LogP contribution in [0, 0.1) is 13.8 Å². The summed E-state index contributed by atoms with van der Waals surface area (Å²) in [5.41, 5.74) is 2.22. The zero-order chi connectivity index (χ0) is 18.4. The number of carbonyl (C=O) groups is 1. The fraction of sp³-hybridized carbons (Fsp3) is 0.222. The highest BCUT2D eigenvalue weighted by molar-refractivity contribution is 7.12. The topological polar surface area (TPSA) is 91.8 Å². The molecule has 0 saturated heterocycles. The Morgan fingerprint density at radius 1 is 1.00 bits per heavy atom. The highest BCUT2D eigenvalue weighted by Crippen LogP contribution is 2.15. The average molecular weight is 368 g/mol. The molecule has 1 amide bonds. The number of nitrogens with one attached hydrogen (secondary N) is 3. The molecule has 0 unspecified atom stereocenters. The van der Waals surface area contributed by atoms with Gasteiger partial charge in [0.05, 0.1) is 4.88 Å². The number of aryl methyl sites for hydroxylation is 2. The van der Waals surface area contributed by atoms with Gasteiger partial charge < -0.3 is 16.0 Å². The van der Waals surface area contributed by atoms with Gasteiger partial charge in [-0.15, -0.1) is 11.3 Å². The molecule has 0 radical (unpaired) electrons. The number of hydrogen-bond acceptors (Lipinski definition) is 7. The van der Waals surface area contributed by atoms with Crippen LogP contribution in [0.4, 0.5) is 17.5 Å². The number of thiophene rings is 1. The summed E-state index contributed by atoms with van der Waals surface area (Å²) < 4.78 is 0. The minimum Gasteiger partial charge on any atom is -0.368 e. The molecule has 8 heteroatoms. The van der Waals surface area contributed by atoms with E-state index in [1.807, 2.05) is 37.4 Å². The predicted molar refractivity (Wildman–Crippen MR) is 104 cm³/mol. The first kappa shape index (κ1) is 17.8. The normalized spacial score (nSPS) is 10.4. The van der Waals surface area contributed by atoms with Crippen LogP contribution < -0.4 is 16.0 Å². The van der Waals surface area contributed by atoms with Crippen LogP contribution in [0.1, 0.15) is 20.8 Å². The molecule has 0 bridgehead atoms. The van der Waals surface area contributed by atoms with E-state index >= 15 is 0 Å². The largest absolute Gasteiger partial charge is 0.368 e. The van der Waals surface area contributed by atoms with Gasteiger partial charge in [-0.2, -0.15) is 0 Å². The molecule has 3 aromatic rings. The molecule has 134 valence electrons. The fourth-order valence-electron chi connectivity index (χ4n) is 2.26. The molecule has 3 heterocycles. The molecule has 0 aliphatic rings. The van der Waals surface area contributed by atoms with Crippen LogP contribution in [-0.2, 0) is 0 Å². The van der Waals surface area contributed by atoms with Gasteiger partial charge in [-0.3, -0.25) is 4.79 Å². The second kappa shape index (κ2) is 8.39. The number of pyridine rings is 1. The van der Waals surface area contributed by atoms with Crippen LogP contribution >= 0.6 is 11.3 Å². The molecule has 0 aromatic carbocycles. The number of amides is 1. The number of hydrogen-bond donors (Lipinski definition) is 3. The maximum absolute atomic E-state index is 12.0. The lowest BCUT2D eigenvalue weighted by Gasteiger charge is -2.09. The average Bonchev–Trinajstić information content (AvgIpc) is 3.05. The van der Waals surface area contributed by atoms with Crippen molar-refractivity contribution in [2.45, 2.75) is 13.8 Å². The lowest BCUT2D eigenvalue weighted by Crippen LogP contribution is -2.28. The molecule has 0 saturated carbocycles. The van der Waals surface area contributed by atoms with Crippen LogP contribution in [0.3, 0.4) is 0 Å². The molecule has 0 fully saturated rings. The molecule has 3 N–H and O–H groups in total. The van der Waals surface area contributed by atoms with E-state index in [1.54, 1.807) is 12.3 Å². The number of nitrogens with zero attached hydrogens (tertiary/aromatic N) is 3. The van der Waals surface area contributed by atoms with Crippen molar-refractivity contribution in [3.05, 3.63) is 58.2 Å². The van der Waals surface area contributed by atoms with Gasteiger partial charge in [-0.25, -0.2) is 15.0 Å². The maximum Gasteiger partial charge on any atom is 0.261 e. The van der Waals surface area contributed by atoms with Crippen molar-refractivity contribution >= 4 is 34.7 Å². The van der Waals surface area contributed by atoms with E-state index < -0.39 is 0 Å². The minimum absolute atomic E-state index is 0.0551. The molecule has 3 aromatic heterocycles. The first-order chi connectivity index (χ1) is 12.6. The van der Waals surface area contributed by atoms with Gasteiger partial charge in [0.25, 0.3) is 5.91 Å². The lowest BCUT2D eigenvalue weighted by molar-refractivity contribution is 0.0959. The molecule has 3 rings (SSSR count). The lowest BCUT2D eigenvalue weighted by atomic mass is 10.3. The molecule has 26 heavy (non-hydrogen) atoms. The maximum atomic E-state index is 12.0. The summed E-state index contributed by atoms with van der Waals surface area (Å²) in [6, 6.07) is 7.56. The Labute approximate surface area is 155 Å². The first-order valence-electron chi connectivity index (χ1n) is 8.19. The Hall–Kier alpha value is -3.00. The molecular weight excluding hydrogens is 348 g/mol. The van der Waals surface area contributed by atoms with E-state index in [4.69, 9.17) is 0 Å². The Morgan fingerprint density at radius 3 is 2.58 bits per heavy atom. The Kier molecular flexibility index (Phi) is 5.75. The summed E-state index contributed by atoms with van der Waals surface area (Å²) in [6.45, 7) is 5.05.